The van der Waals surface area contributed by atoms with Gasteiger partial charge in [0.2, 0.25) is 0 Å². The Morgan fingerprint density at radius 3 is 2.59 bits per heavy atom. The van der Waals surface area contributed by atoms with Gasteiger partial charge in [0.15, 0.2) is 6.61 Å². The third-order valence-electron chi connectivity index (χ3n) is 3.16. The number of terminal acetylenes is 1. The third kappa shape index (κ3) is 3.89. The van der Waals surface area contributed by atoms with Crippen LogP contribution in [0.25, 0.3) is 5.70 Å². The minimum atomic E-state index is 0. The number of allylic oxidation sites excluding steroid dienone is 3. The van der Waals surface area contributed by atoms with E-state index in [1.807, 2.05) is 42.2 Å². The average molecular weight is 364 g/mol. The van der Waals surface area contributed by atoms with E-state index < -0.39 is 0 Å². The molecule has 0 saturated heterocycles. The molecule has 0 N–H and O–H groups in total. The summed E-state index contributed by atoms with van der Waals surface area (Å²) in [6, 6.07) is 9.47. The van der Waals surface area contributed by atoms with Crippen molar-refractivity contribution in [1.29, 1.82) is 5.26 Å². The van der Waals surface area contributed by atoms with Crippen molar-refractivity contribution in [2.24, 2.45) is 0 Å². The van der Waals surface area contributed by atoms with E-state index in [4.69, 9.17) is 16.4 Å². The average Bonchev–Trinajstić information content (AvgIpc) is 2.53. The molecule has 1 aliphatic heterocycles. The Bertz CT molecular complexity index is 687. The fraction of sp³-hybridized carbons (Fsp3) is 0.167. The molecule has 0 fully saturated rings. The summed E-state index contributed by atoms with van der Waals surface area (Å²) in [5, 5.41) is 8.50. The molecule has 1 heterocycles. The number of nitrogens with zero attached hydrogens (tertiary/aromatic N) is 2. The van der Waals surface area contributed by atoms with E-state index in [1.54, 1.807) is 6.08 Å². The van der Waals surface area contributed by atoms with Crippen LogP contribution in [0.4, 0.5) is 0 Å². The van der Waals surface area contributed by atoms with Crippen molar-refractivity contribution in [2.75, 3.05) is 13.2 Å². The molecule has 0 saturated carbocycles. The first-order chi connectivity index (χ1) is 10.2. The van der Waals surface area contributed by atoms with E-state index in [0.717, 1.165) is 29.1 Å². The standard InChI is InChI=1S/C18H15N2O.Y/c1-4-15-8-11-18(20(5-2)14(15)3)16-6-9-17(10-7-16)21-13-12-19;/h1,6-10H,3,5,13H2,2H3;/q-1;. The monoisotopic (exact) mass is 364 g/mol. The van der Waals surface area contributed by atoms with Gasteiger partial charge in [-0.3, -0.25) is 0 Å². The largest absolute Gasteiger partial charge is 0.479 e. The smallest absolute Gasteiger partial charge is 0.174 e. The first kappa shape index (κ1) is 18.2. The maximum atomic E-state index is 8.50. The molecule has 4 heteroatoms. The number of rotatable bonds is 4. The number of ether oxygens (including phenoxy) is 1. The van der Waals surface area contributed by atoms with Crippen molar-refractivity contribution in [1.82, 2.24) is 4.90 Å². The van der Waals surface area contributed by atoms with E-state index in [2.05, 4.69) is 18.6 Å². The quantitative estimate of drug-likeness (QED) is 0.608. The van der Waals surface area contributed by atoms with Gasteiger partial charge in [0, 0.05) is 39.3 Å². The molecular formula is C18H15N2OY-. The van der Waals surface area contributed by atoms with Crippen molar-refractivity contribution in [3.8, 4) is 24.2 Å². The van der Waals surface area contributed by atoms with Crippen LogP contribution in [0, 0.1) is 29.8 Å². The molecule has 1 aliphatic rings. The van der Waals surface area contributed by atoms with Crippen molar-refractivity contribution >= 4 is 5.70 Å². The number of hydrogen-bond donors (Lipinski definition) is 0. The molecular weight excluding hydrogens is 349 g/mol. The first-order valence-electron chi connectivity index (χ1n) is 6.58. The van der Waals surface area contributed by atoms with Crippen molar-refractivity contribution < 1.29 is 37.4 Å². The number of nitriles is 1. The number of likely N-dealkylation sites (N-methyl/N-ethyl adjacent to an activating group) is 1. The number of benzene rings is 1. The molecule has 1 radical (unpaired) electrons. The Balaban J connectivity index is 0.00000242. The maximum Gasteiger partial charge on any atom is 0.174 e. The Kier molecular flexibility index (Phi) is 7.12. The summed E-state index contributed by atoms with van der Waals surface area (Å²) >= 11 is 0. The van der Waals surface area contributed by atoms with Crippen LogP contribution in [0.15, 0.2) is 48.2 Å². The summed E-state index contributed by atoms with van der Waals surface area (Å²) in [6.45, 7) is 6.88. The first-order valence-corrected chi connectivity index (χ1v) is 6.58. The zero-order chi connectivity index (χ0) is 15.2. The second-order valence-corrected chi connectivity index (χ2v) is 4.36. The molecule has 0 atom stereocenters. The normalized spacial score (nSPS) is 13.2. The molecule has 1 aromatic carbocycles. The maximum absolute atomic E-state index is 8.50. The van der Waals surface area contributed by atoms with E-state index in [1.165, 1.54) is 0 Å². The van der Waals surface area contributed by atoms with Crippen molar-refractivity contribution in [3.05, 3.63) is 59.8 Å². The Labute approximate surface area is 156 Å². The van der Waals surface area contributed by atoms with E-state index in [9.17, 15) is 0 Å². The molecule has 3 nitrogen and oxygen atoms in total. The number of hydrogen-bond acceptors (Lipinski definition) is 3. The van der Waals surface area contributed by atoms with Gasteiger partial charge in [0.1, 0.15) is 11.8 Å². The molecule has 0 unspecified atom stereocenters. The topological polar surface area (TPSA) is 36.3 Å². The fourth-order valence-corrected chi connectivity index (χ4v) is 2.12. The summed E-state index contributed by atoms with van der Waals surface area (Å²) < 4.78 is 5.25. The van der Waals surface area contributed by atoms with Crippen LogP contribution in [0.1, 0.15) is 12.5 Å². The Morgan fingerprint density at radius 1 is 1.36 bits per heavy atom. The minimum absolute atomic E-state index is 0. The summed E-state index contributed by atoms with van der Waals surface area (Å²) in [4.78, 5) is 2.03. The van der Waals surface area contributed by atoms with Gasteiger partial charge in [-0.25, -0.2) is 0 Å². The minimum Gasteiger partial charge on any atom is -0.479 e. The predicted octanol–water partition coefficient (Wildman–Crippen LogP) is 3.14. The molecule has 2 rings (SSSR count). The van der Waals surface area contributed by atoms with Gasteiger partial charge in [-0.2, -0.15) is 17.4 Å². The SMILES string of the molecule is C#CC1=C[C-]=C(c2ccc(OCC#N)cc2)N(CC)C1=C.[Y]. The summed E-state index contributed by atoms with van der Waals surface area (Å²) in [5.41, 5.74) is 3.47. The Morgan fingerprint density at radius 2 is 2.05 bits per heavy atom. The molecule has 0 amide bonds. The van der Waals surface area contributed by atoms with Gasteiger partial charge in [-0.1, -0.05) is 23.4 Å². The zero-order valence-corrected chi connectivity index (χ0v) is 15.3. The fourth-order valence-electron chi connectivity index (χ4n) is 2.12. The summed E-state index contributed by atoms with van der Waals surface area (Å²) in [5.74, 6) is 3.28. The van der Waals surface area contributed by atoms with Gasteiger partial charge < -0.3 is 9.64 Å². The van der Waals surface area contributed by atoms with Gasteiger partial charge >= 0.3 is 0 Å². The van der Waals surface area contributed by atoms with Crippen molar-refractivity contribution in [2.45, 2.75) is 6.92 Å². The van der Waals surface area contributed by atoms with E-state index in [0.29, 0.717) is 5.75 Å². The Hall–Kier alpha value is -1.81. The summed E-state index contributed by atoms with van der Waals surface area (Å²) in [7, 11) is 0. The van der Waals surface area contributed by atoms with E-state index >= 15 is 0 Å². The molecule has 0 aliphatic carbocycles. The van der Waals surface area contributed by atoms with Crippen LogP contribution in [0.3, 0.4) is 0 Å². The third-order valence-corrected chi connectivity index (χ3v) is 3.16. The summed E-state index contributed by atoms with van der Waals surface area (Å²) in [6.07, 6.45) is 10.5. The second-order valence-electron chi connectivity index (χ2n) is 4.36. The molecule has 0 spiro atoms. The molecule has 0 aromatic heterocycles. The van der Waals surface area contributed by atoms with Crippen molar-refractivity contribution in [3.63, 3.8) is 0 Å². The molecule has 0 bridgehead atoms. The van der Waals surface area contributed by atoms with Crippen LogP contribution in [0.2, 0.25) is 0 Å². The molecule has 22 heavy (non-hydrogen) atoms. The van der Waals surface area contributed by atoms with Crippen LogP contribution < -0.4 is 4.74 Å². The van der Waals surface area contributed by atoms with Gasteiger partial charge in [-0.15, -0.1) is 24.5 Å². The zero-order valence-electron chi connectivity index (χ0n) is 12.5. The van der Waals surface area contributed by atoms with Gasteiger partial charge in [0.05, 0.1) is 0 Å². The van der Waals surface area contributed by atoms with Crippen LogP contribution in [0.5, 0.6) is 5.75 Å². The van der Waals surface area contributed by atoms with Crippen LogP contribution in [-0.4, -0.2) is 18.1 Å². The predicted molar refractivity (Wildman–Crippen MR) is 82.6 cm³/mol. The van der Waals surface area contributed by atoms with Gasteiger partial charge in [0.25, 0.3) is 0 Å². The van der Waals surface area contributed by atoms with Gasteiger partial charge in [-0.05, 0) is 24.8 Å². The molecule has 107 valence electrons. The van der Waals surface area contributed by atoms with Crippen LogP contribution in [-0.2, 0) is 32.7 Å². The second kappa shape index (κ2) is 8.59. The molecule has 1 aromatic rings. The van der Waals surface area contributed by atoms with Crippen LogP contribution >= 0.6 is 0 Å². The van der Waals surface area contributed by atoms with E-state index in [-0.39, 0.29) is 39.3 Å².